The van der Waals surface area contributed by atoms with E-state index >= 15 is 0 Å². The summed E-state index contributed by atoms with van der Waals surface area (Å²) in [6.07, 6.45) is 1.87. The molecule has 2 N–H and O–H groups in total. The average molecular weight is 262 g/mol. The Bertz CT molecular complexity index is 405. The Hall–Kier alpha value is -1.51. The summed E-state index contributed by atoms with van der Waals surface area (Å²) in [5.74, 6) is 0. The molecule has 0 spiro atoms. The first-order chi connectivity index (χ1) is 8.68. The Balaban J connectivity index is 2.45. The molecule has 0 saturated carbocycles. The number of carbonyl (C=O) groups excluding carboxylic acids is 1. The zero-order chi connectivity index (χ0) is 14.5. The zero-order valence-electron chi connectivity index (χ0n) is 12.7. The zero-order valence-corrected chi connectivity index (χ0v) is 12.7. The number of hydrogen-bond acceptors (Lipinski definition) is 1. The van der Waals surface area contributed by atoms with Crippen LogP contribution in [0.4, 0.5) is 4.79 Å². The Morgan fingerprint density at radius 3 is 2.11 bits per heavy atom. The topological polar surface area (TPSA) is 41.1 Å². The molecule has 1 aromatic rings. The van der Waals surface area contributed by atoms with Crippen LogP contribution in [-0.4, -0.2) is 17.1 Å². The molecule has 0 unspecified atom stereocenters. The average Bonchev–Trinajstić information content (AvgIpc) is 2.24. The largest absolute Gasteiger partial charge is 0.334 e. The molecule has 0 aliphatic heterocycles. The van der Waals surface area contributed by atoms with Crippen molar-refractivity contribution >= 4 is 6.03 Å². The van der Waals surface area contributed by atoms with Crippen molar-refractivity contribution in [2.45, 2.75) is 58.5 Å². The van der Waals surface area contributed by atoms with Crippen LogP contribution in [0.25, 0.3) is 0 Å². The molecule has 19 heavy (non-hydrogen) atoms. The van der Waals surface area contributed by atoms with Crippen LogP contribution in [0.15, 0.2) is 30.3 Å². The van der Waals surface area contributed by atoms with Gasteiger partial charge in [0, 0.05) is 11.1 Å². The molecular weight excluding hydrogens is 236 g/mol. The summed E-state index contributed by atoms with van der Waals surface area (Å²) < 4.78 is 0. The summed E-state index contributed by atoms with van der Waals surface area (Å²) in [5, 5.41) is 5.96. The number of rotatable bonds is 4. The third kappa shape index (κ3) is 6.85. The molecule has 1 aromatic carbocycles. The van der Waals surface area contributed by atoms with Gasteiger partial charge in [-0.2, -0.15) is 0 Å². The van der Waals surface area contributed by atoms with Crippen LogP contribution in [-0.2, 0) is 6.42 Å². The fraction of sp³-hybridized carbons (Fsp3) is 0.562. The standard InChI is InChI=1S/C16H26N2O/c1-15(2,3)17-14(19)18-16(4,5)12-11-13-9-7-6-8-10-13/h6-10H,11-12H2,1-5H3,(H2,17,18,19). The first-order valence-electron chi connectivity index (χ1n) is 6.82. The second-order valence-corrected chi connectivity index (χ2v) is 6.70. The van der Waals surface area contributed by atoms with Crippen molar-refractivity contribution < 1.29 is 4.79 Å². The Morgan fingerprint density at radius 1 is 1.00 bits per heavy atom. The van der Waals surface area contributed by atoms with Crippen LogP contribution in [0, 0.1) is 0 Å². The molecule has 0 radical (unpaired) electrons. The molecule has 3 heteroatoms. The van der Waals surface area contributed by atoms with Crippen molar-refractivity contribution in [3.63, 3.8) is 0 Å². The number of aryl methyl sites for hydroxylation is 1. The van der Waals surface area contributed by atoms with Crippen LogP contribution in [0.2, 0.25) is 0 Å². The summed E-state index contributed by atoms with van der Waals surface area (Å²) in [7, 11) is 0. The smallest absolute Gasteiger partial charge is 0.315 e. The second-order valence-electron chi connectivity index (χ2n) is 6.70. The van der Waals surface area contributed by atoms with E-state index in [4.69, 9.17) is 0 Å². The highest BCUT2D eigenvalue weighted by atomic mass is 16.2. The Kier molecular flexibility index (Phi) is 4.98. The van der Waals surface area contributed by atoms with E-state index in [1.807, 2.05) is 39.0 Å². The van der Waals surface area contributed by atoms with E-state index in [0.717, 1.165) is 12.8 Å². The van der Waals surface area contributed by atoms with E-state index in [-0.39, 0.29) is 17.1 Å². The van der Waals surface area contributed by atoms with Gasteiger partial charge in [0.25, 0.3) is 0 Å². The summed E-state index contributed by atoms with van der Waals surface area (Å²) in [4.78, 5) is 11.9. The molecule has 0 aliphatic rings. The maximum absolute atomic E-state index is 11.9. The van der Waals surface area contributed by atoms with Gasteiger partial charge in [-0.1, -0.05) is 30.3 Å². The van der Waals surface area contributed by atoms with Crippen LogP contribution >= 0.6 is 0 Å². The van der Waals surface area contributed by atoms with E-state index in [0.29, 0.717) is 0 Å². The molecule has 1 rings (SSSR count). The number of benzene rings is 1. The van der Waals surface area contributed by atoms with Crippen LogP contribution in [0.5, 0.6) is 0 Å². The summed E-state index contributed by atoms with van der Waals surface area (Å²) in [6, 6.07) is 10.2. The number of amides is 2. The number of nitrogens with one attached hydrogen (secondary N) is 2. The molecule has 106 valence electrons. The number of urea groups is 1. The lowest BCUT2D eigenvalue weighted by Gasteiger charge is -2.29. The van der Waals surface area contributed by atoms with Gasteiger partial charge in [0.15, 0.2) is 0 Å². The minimum atomic E-state index is -0.217. The SMILES string of the molecule is CC(C)(C)NC(=O)NC(C)(C)CCc1ccccc1. The van der Waals surface area contributed by atoms with Gasteiger partial charge in [-0.05, 0) is 53.0 Å². The van der Waals surface area contributed by atoms with E-state index in [9.17, 15) is 4.79 Å². The molecule has 0 aromatic heterocycles. The van der Waals surface area contributed by atoms with Crippen LogP contribution in [0.1, 0.15) is 46.6 Å². The van der Waals surface area contributed by atoms with E-state index in [1.54, 1.807) is 0 Å². The molecule has 0 bridgehead atoms. The molecule has 3 nitrogen and oxygen atoms in total. The predicted molar refractivity (Wildman–Crippen MR) is 80.3 cm³/mol. The van der Waals surface area contributed by atoms with Crippen molar-refractivity contribution in [1.82, 2.24) is 10.6 Å². The maximum atomic E-state index is 11.9. The molecule has 0 fully saturated rings. The monoisotopic (exact) mass is 262 g/mol. The van der Waals surface area contributed by atoms with Crippen LogP contribution < -0.4 is 10.6 Å². The van der Waals surface area contributed by atoms with Gasteiger partial charge in [0.05, 0.1) is 0 Å². The summed E-state index contributed by atoms with van der Waals surface area (Å²) >= 11 is 0. The fourth-order valence-corrected chi connectivity index (χ4v) is 1.84. The Labute approximate surface area is 116 Å². The highest BCUT2D eigenvalue weighted by Gasteiger charge is 2.22. The van der Waals surface area contributed by atoms with Crippen molar-refractivity contribution in [3.8, 4) is 0 Å². The van der Waals surface area contributed by atoms with Gasteiger partial charge in [0.1, 0.15) is 0 Å². The highest BCUT2D eigenvalue weighted by Crippen LogP contribution is 2.13. The molecular formula is C16H26N2O. The van der Waals surface area contributed by atoms with Gasteiger partial charge in [-0.15, -0.1) is 0 Å². The van der Waals surface area contributed by atoms with Crippen LogP contribution in [0.3, 0.4) is 0 Å². The lowest BCUT2D eigenvalue weighted by molar-refractivity contribution is 0.219. The van der Waals surface area contributed by atoms with Gasteiger partial charge >= 0.3 is 6.03 Å². The molecule has 0 aliphatic carbocycles. The van der Waals surface area contributed by atoms with Crippen molar-refractivity contribution in [3.05, 3.63) is 35.9 Å². The van der Waals surface area contributed by atoms with E-state index < -0.39 is 0 Å². The van der Waals surface area contributed by atoms with Crippen molar-refractivity contribution in [2.75, 3.05) is 0 Å². The third-order valence-electron chi connectivity index (χ3n) is 2.82. The van der Waals surface area contributed by atoms with Crippen molar-refractivity contribution in [1.29, 1.82) is 0 Å². The predicted octanol–water partition coefficient (Wildman–Crippen LogP) is 3.50. The van der Waals surface area contributed by atoms with Crippen molar-refractivity contribution in [2.24, 2.45) is 0 Å². The first kappa shape index (κ1) is 15.5. The second kappa shape index (κ2) is 6.09. The maximum Gasteiger partial charge on any atom is 0.315 e. The summed E-state index contributed by atoms with van der Waals surface area (Å²) in [5.41, 5.74) is 0.874. The van der Waals surface area contributed by atoms with Gasteiger partial charge < -0.3 is 10.6 Å². The van der Waals surface area contributed by atoms with Gasteiger partial charge in [0.2, 0.25) is 0 Å². The first-order valence-corrected chi connectivity index (χ1v) is 6.82. The molecule has 0 heterocycles. The van der Waals surface area contributed by atoms with Gasteiger partial charge in [-0.25, -0.2) is 4.79 Å². The molecule has 0 atom stereocenters. The van der Waals surface area contributed by atoms with E-state index in [1.165, 1.54) is 5.56 Å². The molecule has 2 amide bonds. The fourth-order valence-electron chi connectivity index (χ4n) is 1.84. The van der Waals surface area contributed by atoms with E-state index in [2.05, 4.69) is 36.6 Å². The highest BCUT2D eigenvalue weighted by molar-refractivity contribution is 5.75. The van der Waals surface area contributed by atoms with Gasteiger partial charge in [-0.3, -0.25) is 0 Å². The lowest BCUT2D eigenvalue weighted by Crippen LogP contribution is -2.53. The quantitative estimate of drug-likeness (QED) is 0.856. The minimum absolute atomic E-state index is 0.106. The summed E-state index contributed by atoms with van der Waals surface area (Å²) in [6.45, 7) is 10.0. The normalized spacial score (nSPS) is 12.1. The number of carbonyl (C=O) groups is 1. The molecule has 0 saturated heterocycles. The third-order valence-corrected chi connectivity index (χ3v) is 2.82. The number of hydrogen-bond donors (Lipinski definition) is 2. The Morgan fingerprint density at radius 2 is 1.58 bits per heavy atom. The minimum Gasteiger partial charge on any atom is -0.334 e. The lowest BCUT2D eigenvalue weighted by atomic mass is 9.95.